The van der Waals surface area contributed by atoms with Gasteiger partial charge in [0.1, 0.15) is 5.75 Å². The van der Waals surface area contributed by atoms with E-state index in [9.17, 15) is 4.79 Å². The lowest BCUT2D eigenvalue weighted by atomic mass is 10.3. The molecule has 1 N–H and O–H groups in total. The lowest BCUT2D eigenvalue weighted by Gasteiger charge is -2.10. The highest BCUT2D eigenvalue weighted by Crippen LogP contribution is 2.23. The summed E-state index contributed by atoms with van der Waals surface area (Å²) in [5.74, 6) is 0.485. The van der Waals surface area contributed by atoms with Crippen LogP contribution >= 0.6 is 11.3 Å². The molecule has 1 heterocycles. The van der Waals surface area contributed by atoms with E-state index in [1.165, 1.54) is 6.08 Å². The Labute approximate surface area is 128 Å². The van der Waals surface area contributed by atoms with Gasteiger partial charge in [0.05, 0.1) is 23.0 Å². The van der Waals surface area contributed by atoms with Gasteiger partial charge in [0.25, 0.3) is 0 Å². The first-order chi connectivity index (χ1) is 10.2. The molecule has 110 valence electrons. The van der Waals surface area contributed by atoms with E-state index in [1.807, 2.05) is 43.5 Å². The molecule has 1 amide bonds. The second kappa shape index (κ2) is 7.59. The molecular formula is C16H18N2O2S. The molecule has 0 aliphatic carbocycles. The van der Waals surface area contributed by atoms with Crippen LogP contribution in [0.15, 0.2) is 35.7 Å². The third kappa shape index (κ3) is 4.72. The third-order valence-electron chi connectivity index (χ3n) is 2.65. The SMILES string of the molecule is CCCOc1ccccc1NC(=O)/C=C/c1csc(C)n1. The van der Waals surface area contributed by atoms with E-state index in [2.05, 4.69) is 10.3 Å². The van der Waals surface area contributed by atoms with Crippen LogP contribution in [0.3, 0.4) is 0 Å². The van der Waals surface area contributed by atoms with Gasteiger partial charge in [0.2, 0.25) is 5.91 Å². The molecule has 0 saturated heterocycles. The van der Waals surface area contributed by atoms with Crippen molar-refractivity contribution < 1.29 is 9.53 Å². The third-order valence-corrected chi connectivity index (χ3v) is 3.44. The minimum Gasteiger partial charge on any atom is -0.491 e. The Bertz CT molecular complexity index is 635. The highest BCUT2D eigenvalue weighted by Gasteiger charge is 2.05. The van der Waals surface area contributed by atoms with Gasteiger partial charge in [-0.05, 0) is 31.6 Å². The number of aromatic nitrogens is 1. The lowest BCUT2D eigenvalue weighted by Crippen LogP contribution is -2.09. The highest BCUT2D eigenvalue weighted by atomic mass is 32.1. The number of hydrogen-bond donors (Lipinski definition) is 1. The summed E-state index contributed by atoms with van der Waals surface area (Å²) in [6, 6.07) is 7.42. The molecule has 2 rings (SSSR count). The van der Waals surface area contributed by atoms with Gasteiger partial charge in [0.15, 0.2) is 0 Å². The molecule has 0 atom stereocenters. The van der Waals surface area contributed by atoms with Gasteiger partial charge in [-0.25, -0.2) is 4.98 Å². The minimum absolute atomic E-state index is 0.201. The first-order valence-corrected chi connectivity index (χ1v) is 7.70. The van der Waals surface area contributed by atoms with E-state index < -0.39 is 0 Å². The number of carbonyl (C=O) groups excluding carboxylic acids is 1. The molecule has 0 unspecified atom stereocenters. The van der Waals surface area contributed by atoms with Crippen LogP contribution in [0.1, 0.15) is 24.0 Å². The molecule has 4 nitrogen and oxygen atoms in total. The summed E-state index contributed by atoms with van der Waals surface area (Å²) in [7, 11) is 0. The number of hydrogen-bond acceptors (Lipinski definition) is 4. The first kappa shape index (κ1) is 15.3. The van der Waals surface area contributed by atoms with E-state index in [-0.39, 0.29) is 5.91 Å². The molecule has 0 spiro atoms. The Balaban J connectivity index is 2.00. The topological polar surface area (TPSA) is 51.2 Å². The average molecular weight is 302 g/mol. The number of nitrogens with one attached hydrogen (secondary N) is 1. The van der Waals surface area contributed by atoms with Crippen molar-refractivity contribution in [2.75, 3.05) is 11.9 Å². The first-order valence-electron chi connectivity index (χ1n) is 6.82. The van der Waals surface area contributed by atoms with Crippen LogP contribution < -0.4 is 10.1 Å². The van der Waals surface area contributed by atoms with Gasteiger partial charge in [0, 0.05) is 11.5 Å². The second-order valence-corrected chi connectivity index (χ2v) is 5.52. The summed E-state index contributed by atoms with van der Waals surface area (Å²) in [4.78, 5) is 16.2. The minimum atomic E-state index is -0.201. The maximum absolute atomic E-state index is 11.9. The number of benzene rings is 1. The van der Waals surface area contributed by atoms with E-state index in [0.717, 1.165) is 17.1 Å². The van der Waals surface area contributed by atoms with E-state index in [4.69, 9.17) is 4.74 Å². The van der Waals surface area contributed by atoms with Crippen molar-refractivity contribution in [2.45, 2.75) is 20.3 Å². The summed E-state index contributed by atoms with van der Waals surface area (Å²) in [6.45, 7) is 4.60. The summed E-state index contributed by atoms with van der Waals surface area (Å²) >= 11 is 1.56. The summed E-state index contributed by atoms with van der Waals surface area (Å²) in [6.07, 6.45) is 4.10. The monoisotopic (exact) mass is 302 g/mol. The largest absolute Gasteiger partial charge is 0.491 e. The van der Waals surface area contributed by atoms with Crippen LogP contribution in [0.25, 0.3) is 6.08 Å². The van der Waals surface area contributed by atoms with Crippen molar-refractivity contribution in [1.82, 2.24) is 4.98 Å². The number of thiazole rings is 1. The molecule has 0 aliphatic rings. The van der Waals surface area contributed by atoms with Crippen LogP contribution in [0.5, 0.6) is 5.75 Å². The maximum Gasteiger partial charge on any atom is 0.248 e. The van der Waals surface area contributed by atoms with Gasteiger partial charge in [-0.2, -0.15) is 0 Å². The second-order valence-electron chi connectivity index (χ2n) is 4.46. The predicted octanol–water partition coefficient (Wildman–Crippen LogP) is 3.89. The predicted molar refractivity (Wildman–Crippen MR) is 86.7 cm³/mol. The van der Waals surface area contributed by atoms with Gasteiger partial charge < -0.3 is 10.1 Å². The Morgan fingerprint density at radius 3 is 2.95 bits per heavy atom. The molecule has 0 bridgehead atoms. The lowest BCUT2D eigenvalue weighted by molar-refractivity contribution is -0.111. The zero-order valence-corrected chi connectivity index (χ0v) is 12.9. The summed E-state index contributed by atoms with van der Waals surface area (Å²) in [5, 5.41) is 5.72. The Hall–Kier alpha value is -2.14. The van der Waals surface area contributed by atoms with Crippen LogP contribution in [0.2, 0.25) is 0 Å². The van der Waals surface area contributed by atoms with Crippen molar-refractivity contribution in [1.29, 1.82) is 0 Å². The molecule has 0 radical (unpaired) electrons. The van der Waals surface area contributed by atoms with Crippen LogP contribution in [-0.2, 0) is 4.79 Å². The number of nitrogens with zero attached hydrogens (tertiary/aromatic N) is 1. The number of aryl methyl sites for hydroxylation is 1. The van der Waals surface area contributed by atoms with Gasteiger partial charge in [-0.1, -0.05) is 19.1 Å². The number of rotatable bonds is 6. The van der Waals surface area contributed by atoms with Crippen LogP contribution in [-0.4, -0.2) is 17.5 Å². The normalized spacial score (nSPS) is 10.8. The average Bonchev–Trinajstić information content (AvgIpc) is 2.90. The number of amides is 1. The van der Waals surface area contributed by atoms with Crippen LogP contribution in [0.4, 0.5) is 5.69 Å². The molecule has 0 saturated carbocycles. The summed E-state index contributed by atoms with van der Waals surface area (Å²) < 4.78 is 5.60. The van der Waals surface area contributed by atoms with Crippen molar-refractivity contribution in [3.8, 4) is 5.75 Å². The number of ether oxygens (including phenoxy) is 1. The number of para-hydroxylation sites is 2. The van der Waals surface area contributed by atoms with Crippen molar-refractivity contribution in [3.63, 3.8) is 0 Å². The molecule has 0 aliphatic heterocycles. The molecule has 2 aromatic rings. The smallest absolute Gasteiger partial charge is 0.248 e. The molecule has 0 fully saturated rings. The Morgan fingerprint density at radius 1 is 1.43 bits per heavy atom. The fourth-order valence-electron chi connectivity index (χ4n) is 1.70. The van der Waals surface area contributed by atoms with Crippen molar-refractivity contribution in [3.05, 3.63) is 46.4 Å². The molecule has 21 heavy (non-hydrogen) atoms. The van der Waals surface area contributed by atoms with Gasteiger partial charge >= 0.3 is 0 Å². The molecule has 1 aromatic heterocycles. The molecule has 5 heteroatoms. The fraction of sp³-hybridized carbons (Fsp3) is 0.250. The number of carbonyl (C=O) groups is 1. The zero-order valence-electron chi connectivity index (χ0n) is 12.1. The van der Waals surface area contributed by atoms with Crippen molar-refractivity contribution >= 4 is 29.0 Å². The highest BCUT2D eigenvalue weighted by molar-refractivity contribution is 7.09. The van der Waals surface area contributed by atoms with E-state index in [0.29, 0.717) is 18.0 Å². The Morgan fingerprint density at radius 2 is 2.24 bits per heavy atom. The fourth-order valence-corrected chi connectivity index (χ4v) is 2.28. The van der Waals surface area contributed by atoms with Crippen LogP contribution in [0, 0.1) is 6.92 Å². The van der Waals surface area contributed by atoms with Gasteiger partial charge in [-0.3, -0.25) is 4.79 Å². The number of anilines is 1. The van der Waals surface area contributed by atoms with E-state index >= 15 is 0 Å². The van der Waals surface area contributed by atoms with E-state index in [1.54, 1.807) is 17.4 Å². The van der Waals surface area contributed by atoms with Gasteiger partial charge in [-0.15, -0.1) is 11.3 Å². The quantitative estimate of drug-likeness (QED) is 0.824. The maximum atomic E-state index is 11.9. The Kier molecular flexibility index (Phi) is 5.51. The zero-order chi connectivity index (χ0) is 15.1. The van der Waals surface area contributed by atoms with Crippen molar-refractivity contribution in [2.24, 2.45) is 0 Å². The molecular weight excluding hydrogens is 284 g/mol. The standard InChI is InChI=1S/C16H18N2O2S/c1-3-10-20-15-7-5-4-6-14(15)18-16(19)9-8-13-11-21-12(2)17-13/h4-9,11H,3,10H2,1-2H3,(H,18,19)/b9-8+. The molecule has 1 aromatic carbocycles. The summed E-state index contributed by atoms with van der Waals surface area (Å²) in [5.41, 5.74) is 1.47.